The molecule has 1 rings (SSSR count). The smallest absolute Gasteiger partial charge is 0.233 e. The second-order valence-corrected chi connectivity index (χ2v) is 4.80. The highest BCUT2D eigenvalue weighted by Gasteiger charge is 2.24. The number of nitrogens with zero attached hydrogens (tertiary/aromatic N) is 1. The fraction of sp³-hybridized carbons (Fsp3) is 0.917. The lowest BCUT2D eigenvalue weighted by atomic mass is 9.96. The van der Waals surface area contributed by atoms with Gasteiger partial charge in [0.15, 0.2) is 0 Å². The third kappa shape index (κ3) is 4.10. The summed E-state index contributed by atoms with van der Waals surface area (Å²) in [4.78, 5) is 13.8. The molecule has 0 saturated carbocycles. The molecule has 0 aliphatic carbocycles. The maximum absolute atomic E-state index is 11.4. The number of carbonyl (C=O) groups is 1. The molecule has 1 aliphatic heterocycles. The predicted octanol–water partition coefficient (Wildman–Crippen LogP) is 0.442. The first-order chi connectivity index (χ1) is 7.67. The lowest BCUT2D eigenvalue weighted by Gasteiger charge is -2.36. The molecule has 0 spiro atoms. The molecule has 16 heavy (non-hydrogen) atoms. The molecule has 1 heterocycles. The summed E-state index contributed by atoms with van der Waals surface area (Å²) in [6.07, 6.45) is 2.30. The van der Waals surface area contributed by atoms with Crippen LogP contribution in [0.2, 0.25) is 0 Å². The van der Waals surface area contributed by atoms with E-state index in [9.17, 15) is 4.79 Å². The van der Waals surface area contributed by atoms with Crippen LogP contribution in [0.3, 0.4) is 0 Å². The minimum Gasteiger partial charge on any atom is -0.358 e. The van der Waals surface area contributed by atoms with Crippen molar-refractivity contribution in [1.82, 2.24) is 15.5 Å². The van der Waals surface area contributed by atoms with E-state index in [0.29, 0.717) is 18.5 Å². The standard InChI is InChI=1S/C12H25N3O/c1-4-5-15(9-12(16)13-3)11-6-10(2)7-14-8-11/h10-11,14H,4-9H2,1-3H3,(H,13,16). The van der Waals surface area contributed by atoms with E-state index in [1.165, 1.54) is 6.42 Å². The third-order valence-electron chi connectivity index (χ3n) is 3.20. The molecule has 1 saturated heterocycles. The van der Waals surface area contributed by atoms with E-state index in [-0.39, 0.29) is 5.91 Å². The number of hydrogen-bond acceptors (Lipinski definition) is 3. The van der Waals surface area contributed by atoms with Gasteiger partial charge in [-0.25, -0.2) is 0 Å². The molecule has 4 heteroatoms. The van der Waals surface area contributed by atoms with Crippen molar-refractivity contribution in [2.45, 2.75) is 32.7 Å². The van der Waals surface area contributed by atoms with Crippen LogP contribution in [-0.2, 0) is 4.79 Å². The molecular formula is C12H25N3O. The first-order valence-corrected chi connectivity index (χ1v) is 6.32. The molecule has 2 atom stereocenters. The van der Waals surface area contributed by atoms with Crippen molar-refractivity contribution in [3.8, 4) is 0 Å². The van der Waals surface area contributed by atoms with Crippen LogP contribution in [0.25, 0.3) is 0 Å². The van der Waals surface area contributed by atoms with Gasteiger partial charge in [-0.15, -0.1) is 0 Å². The molecular weight excluding hydrogens is 202 g/mol. The molecule has 1 fully saturated rings. The number of likely N-dealkylation sites (N-methyl/N-ethyl adjacent to an activating group) is 1. The fourth-order valence-corrected chi connectivity index (χ4v) is 2.35. The van der Waals surface area contributed by atoms with Crippen LogP contribution < -0.4 is 10.6 Å². The molecule has 0 aromatic rings. The molecule has 4 nitrogen and oxygen atoms in total. The summed E-state index contributed by atoms with van der Waals surface area (Å²) in [5.74, 6) is 0.828. The molecule has 0 aromatic carbocycles. The van der Waals surface area contributed by atoms with Gasteiger partial charge in [-0.2, -0.15) is 0 Å². The molecule has 1 amide bonds. The maximum Gasteiger partial charge on any atom is 0.233 e. The van der Waals surface area contributed by atoms with Crippen molar-refractivity contribution >= 4 is 5.91 Å². The zero-order chi connectivity index (χ0) is 12.0. The van der Waals surface area contributed by atoms with Gasteiger partial charge in [-0.05, 0) is 31.8 Å². The van der Waals surface area contributed by atoms with Crippen molar-refractivity contribution in [2.24, 2.45) is 5.92 Å². The predicted molar refractivity (Wildman–Crippen MR) is 66.4 cm³/mol. The zero-order valence-corrected chi connectivity index (χ0v) is 10.8. The third-order valence-corrected chi connectivity index (χ3v) is 3.20. The van der Waals surface area contributed by atoms with E-state index in [1.54, 1.807) is 7.05 Å². The van der Waals surface area contributed by atoms with Crippen molar-refractivity contribution < 1.29 is 4.79 Å². The highest BCUT2D eigenvalue weighted by Crippen LogP contribution is 2.15. The van der Waals surface area contributed by atoms with Crippen LogP contribution in [0.4, 0.5) is 0 Å². The zero-order valence-electron chi connectivity index (χ0n) is 10.8. The molecule has 0 bridgehead atoms. The quantitative estimate of drug-likeness (QED) is 0.716. The number of carbonyl (C=O) groups excluding carboxylic acids is 1. The Morgan fingerprint density at radius 2 is 2.25 bits per heavy atom. The Hall–Kier alpha value is -0.610. The van der Waals surface area contributed by atoms with E-state index in [1.807, 2.05) is 0 Å². The van der Waals surface area contributed by atoms with Gasteiger partial charge in [-0.3, -0.25) is 9.69 Å². The number of nitrogens with one attached hydrogen (secondary N) is 2. The van der Waals surface area contributed by atoms with Crippen molar-refractivity contribution in [3.05, 3.63) is 0 Å². The number of hydrogen-bond donors (Lipinski definition) is 2. The van der Waals surface area contributed by atoms with Gasteiger partial charge in [0, 0.05) is 19.6 Å². The SMILES string of the molecule is CCCN(CC(=O)NC)C1CNCC(C)C1. The first-order valence-electron chi connectivity index (χ1n) is 6.32. The van der Waals surface area contributed by atoms with E-state index < -0.39 is 0 Å². The summed E-state index contributed by atoms with van der Waals surface area (Å²) in [5, 5.41) is 6.14. The van der Waals surface area contributed by atoms with Gasteiger partial charge >= 0.3 is 0 Å². The minimum absolute atomic E-state index is 0.117. The van der Waals surface area contributed by atoms with Crippen molar-refractivity contribution in [3.63, 3.8) is 0 Å². The van der Waals surface area contributed by atoms with Gasteiger partial charge in [0.25, 0.3) is 0 Å². The number of piperidine rings is 1. The van der Waals surface area contributed by atoms with Gasteiger partial charge in [-0.1, -0.05) is 13.8 Å². The Morgan fingerprint density at radius 1 is 1.50 bits per heavy atom. The topological polar surface area (TPSA) is 44.4 Å². The van der Waals surface area contributed by atoms with Gasteiger partial charge in [0.1, 0.15) is 0 Å². The van der Waals surface area contributed by atoms with Gasteiger partial charge in [0.05, 0.1) is 6.54 Å². The van der Waals surface area contributed by atoms with E-state index in [2.05, 4.69) is 29.4 Å². The van der Waals surface area contributed by atoms with E-state index in [4.69, 9.17) is 0 Å². The minimum atomic E-state index is 0.117. The highest BCUT2D eigenvalue weighted by molar-refractivity contribution is 5.77. The van der Waals surface area contributed by atoms with Crippen molar-refractivity contribution in [2.75, 3.05) is 33.2 Å². The van der Waals surface area contributed by atoms with Crippen molar-refractivity contribution in [1.29, 1.82) is 0 Å². The number of rotatable bonds is 5. The summed E-state index contributed by atoms with van der Waals surface area (Å²) >= 11 is 0. The Bertz CT molecular complexity index is 220. The average molecular weight is 227 g/mol. The molecule has 2 unspecified atom stereocenters. The average Bonchev–Trinajstić information content (AvgIpc) is 2.28. The highest BCUT2D eigenvalue weighted by atomic mass is 16.1. The normalized spacial score (nSPS) is 25.8. The van der Waals surface area contributed by atoms with Crippen LogP contribution in [0.5, 0.6) is 0 Å². The number of amides is 1. The molecule has 2 N–H and O–H groups in total. The molecule has 0 radical (unpaired) electrons. The summed E-state index contributed by atoms with van der Waals surface area (Å²) in [6.45, 7) is 8.09. The Kier molecular flexibility index (Phi) is 5.77. The molecule has 0 aromatic heterocycles. The van der Waals surface area contributed by atoms with E-state index >= 15 is 0 Å². The fourth-order valence-electron chi connectivity index (χ4n) is 2.35. The van der Waals surface area contributed by atoms with Crippen LogP contribution in [0.15, 0.2) is 0 Å². The van der Waals surface area contributed by atoms with Crippen LogP contribution in [0, 0.1) is 5.92 Å². The summed E-state index contributed by atoms with van der Waals surface area (Å²) < 4.78 is 0. The lowest BCUT2D eigenvalue weighted by Crippen LogP contribution is -2.51. The summed E-state index contributed by atoms with van der Waals surface area (Å²) in [7, 11) is 1.70. The maximum atomic E-state index is 11.4. The second kappa shape index (κ2) is 6.86. The monoisotopic (exact) mass is 227 g/mol. The Labute approximate surface area is 98.8 Å². The Balaban J connectivity index is 2.50. The van der Waals surface area contributed by atoms with Gasteiger partial charge < -0.3 is 10.6 Å². The second-order valence-electron chi connectivity index (χ2n) is 4.80. The summed E-state index contributed by atoms with van der Waals surface area (Å²) in [5.41, 5.74) is 0. The first kappa shape index (κ1) is 13.5. The van der Waals surface area contributed by atoms with Gasteiger partial charge in [0.2, 0.25) is 5.91 Å². The lowest BCUT2D eigenvalue weighted by molar-refractivity contribution is -0.122. The molecule has 94 valence electrons. The van der Waals surface area contributed by atoms with Crippen LogP contribution >= 0.6 is 0 Å². The Morgan fingerprint density at radius 3 is 2.81 bits per heavy atom. The van der Waals surface area contributed by atoms with E-state index in [0.717, 1.165) is 26.1 Å². The molecule has 1 aliphatic rings. The van der Waals surface area contributed by atoms with Crippen LogP contribution in [-0.4, -0.2) is 50.1 Å². The summed E-state index contributed by atoms with van der Waals surface area (Å²) in [6, 6.07) is 0.515. The van der Waals surface area contributed by atoms with Crippen LogP contribution in [0.1, 0.15) is 26.7 Å². The largest absolute Gasteiger partial charge is 0.358 e.